The molecule has 18 heavy (non-hydrogen) atoms. The van der Waals surface area contributed by atoms with Gasteiger partial charge >= 0.3 is 0 Å². The van der Waals surface area contributed by atoms with Crippen molar-refractivity contribution in [1.29, 1.82) is 0 Å². The molecule has 1 N–H and O–H groups in total. The molecule has 0 unspecified atom stereocenters. The van der Waals surface area contributed by atoms with Gasteiger partial charge in [0.15, 0.2) is 0 Å². The average Bonchev–Trinajstić information content (AvgIpc) is 2.82. The zero-order valence-corrected chi connectivity index (χ0v) is 10.4. The quantitative estimate of drug-likeness (QED) is 0.722. The van der Waals surface area contributed by atoms with Gasteiger partial charge in [-0.25, -0.2) is 0 Å². The van der Waals surface area contributed by atoms with E-state index < -0.39 is 0 Å². The molecule has 3 aromatic rings. The van der Waals surface area contributed by atoms with Gasteiger partial charge < -0.3 is 0 Å². The zero-order chi connectivity index (χ0) is 12.4. The Labute approximate surface area is 110 Å². The highest BCUT2D eigenvalue weighted by molar-refractivity contribution is 6.30. The second-order valence-electron chi connectivity index (χ2n) is 4.04. The minimum absolute atomic E-state index is 0.748. The fourth-order valence-electron chi connectivity index (χ4n) is 1.86. The summed E-state index contributed by atoms with van der Waals surface area (Å²) in [6, 6.07) is 15.8. The summed E-state index contributed by atoms with van der Waals surface area (Å²) in [4.78, 5) is 0. The lowest BCUT2D eigenvalue weighted by Crippen LogP contribution is -1.74. The minimum Gasteiger partial charge on any atom is -0.277 e. The maximum Gasteiger partial charge on any atom is 0.0927 e. The van der Waals surface area contributed by atoms with Crippen LogP contribution in [0.4, 0.5) is 0 Å². The van der Waals surface area contributed by atoms with E-state index in [0.717, 1.165) is 27.2 Å². The van der Waals surface area contributed by atoms with Crippen LogP contribution in [0.2, 0.25) is 5.02 Å². The topological polar surface area (TPSA) is 28.7 Å². The van der Waals surface area contributed by atoms with Crippen LogP contribution in [-0.4, -0.2) is 10.2 Å². The van der Waals surface area contributed by atoms with Gasteiger partial charge in [-0.1, -0.05) is 48.0 Å². The van der Waals surface area contributed by atoms with Crippen LogP contribution in [0.3, 0.4) is 0 Å². The van der Waals surface area contributed by atoms with Gasteiger partial charge in [-0.15, -0.1) is 0 Å². The van der Waals surface area contributed by atoms with Crippen molar-refractivity contribution in [3.63, 3.8) is 0 Å². The molecule has 0 fully saturated rings. The predicted molar refractivity (Wildman–Crippen MR) is 76.5 cm³/mol. The second-order valence-corrected chi connectivity index (χ2v) is 4.48. The molecular formula is C15H11ClN2. The zero-order valence-electron chi connectivity index (χ0n) is 9.60. The number of rotatable bonds is 2. The summed E-state index contributed by atoms with van der Waals surface area (Å²) in [6.07, 6.45) is 4.03. The van der Waals surface area contributed by atoms with Crippen molar-refractivity contribution < 1.29 is 0 Å². The van der Waals surface area contributed by atoms with E-state index in [4.69, 9.17) is 11.6 Å². The number of hydrogen-bond donors (Lipinski definition) is 1. The largest absolute Gasteiger partial charge is 0.277 e. The van der Waals surface area contributed by atoms with E-state index in [1.54, 1.807) is 0 Å². The molecule has 0 saturated carbocycles. The number of nitrogens with zero attached hydrogens (tertiary/aromatic N) is 1. The highest BCUT2D eigenvalue weighted by atomic mass is 35.5. The normalized spacial score (nSPS) is 11.4. The highest BCUT2D eigenvalue weighted by Crippen LogP contribution is 2.18. The van der Waals surface area contributed by atoms with E-state index in [9.17, 15) is 0 Å². The van der Waals surface area contributed by atoms with Crippen LogP contribution in [0, 0.1) is 0 Å². The third-order valence-corrected chi connectivity index (χ3v) is 3.06. The van der Waals surface area contributed by atoms with Gasteiger partial charge in [0, 0.05) is 10.4 Å². The van der Waals surface area contributed by atoms with Gasteiger partial charge in [0.1, 0.15) is 0 Å². The van der Waals surface area contributed by atoms with E-state index in [0.29, 0.717) is 0 Å². The Hall–Kier alpha value is -2.06. The van der Waals surface area contributed by atoms with Gasteiger partial charge in [0.2, 0.25) is 0 Å². The summed E-state index contributed by atoms with van der Waals surface area (Å²) < 4.78 is 0. The van der Waals surface area contributed by atoms with Crippen molar-refractivity contribution in [2.75, 3.05) is 0 Å². The van der Waals surface area contributed by atoms with Gasteiger partial charge in [-0.3, -0.25) is 5.10 Å². The minimum atomic E-state index is 0.748. The van der Waals surface area contributed by atoms with Gasteiger partial charge in [-0.2, -0.15) is 5.10 Å². The number of H-pyrrole nitrogens is 1. The van der Waals surface area contributed by atoms with Crippen molar-refractivity contribution in [3.8, 4) is 0 Å². The number of para-hydroxylation sites is 1. The number of halogens is 1. The van der Waals surface area contributed by atoms with Crippen molar-refractivity contribution in [2.45, 2.75) is 0 Å². The third-order valence-electron chi connectivity index (χ3n) is 2.80. The Morgan fingerprint density at radius 1 is 0.944 bits per heavy atom. The first-order chi connectivity index (χ1) is 8.83. The molecule has 1 heterocycles. The molecule has 0 radical (unpaired) electrons. The van der Waals surface area contributed by atoms with E-state index in [1.165, 1.54) is 0 Å². The molecule has 1 aromatic heterocycles. The molecule has 3 rings (SSSR count). The van der Waals surface area contributed by atoms with E-state index in [2.05, 4.69) is 16.3 Å². The van der Waals surface area contributed by atoms with Crippen LogP contribution in [-0.2, 0) is 0 Å². The second kappa shape index (κ2) is 4.67. The Morgan fingerprint density at radius 2 is 1.72 bits per heavy atom. The number of aromatic nitrogens is 2. The monoisotopic (exact) mass is 254 g/mol. The number of aromatic amines is 1. The molecule has 0 aliphatic heterocycles. The first-order valence-electron chi connectivity index (χ1n) is 5.70. The maximum absolute atomic E-state index is 5.85. The molecule has 2 aromatic carbocycles. The van der Waals surface area contributed by atoms with Crippen LogP contribution in [0.5, 0.6) is 0 Å². The van der Waals surface area contributed by atoms with E-state index >= 15 is 0 Å². The molecule has 0 bridgehead atoms. The molecular weight excluding hydrogens is 244 g/mol. The molecule has 0 aliphatic carbocycles. The molecule has 0 saturated heterocycles. The Morgan fingerprint density at radius 3 is 2.56 bits per heavy atom. The standard InChI is InChI=1S/C15H11ClN2/c16-12-8-5-11(6-9-12)7-10-15-13-3-1-2-4-14(13)17-18-15/h1-10H,(H,17,18)/b10-7+. The molecule has 0 amide bonds. The Kier molecular flexibility index (Phi) is 2.87. The number of hydrogen-bond acceptors (Lipinski definition) is 1. The summed E-state index contributed by atoms with van der Waals surface area (Å²) in [5.74, 6) is 0. The molecule has 0 aliphatic rings. The van der Waals surface area contributed by atoms with Crippen LogP contribution in [0.15, 0.2) is 48.5 Å². The lowest BCUT2D eigenvalue weighted by molar-refractivity contribution is 1.11. The third kappa shape index (κ3) is 2.15. The van der Waals surface area contributed by atoms with Crippen molar-refractivity contribution in [2.24, 2.45) is 0 Å². The predicted octanol–water partition coefficient (Wildman–Crippen LogP) is 4.39. The van der Waals surface area contributed by atoms with Crippen molar-refractivity contribution in [1.82, 2.24) is 10.2 Å². The molecule has 2 nitrogen and oxygen atoms in total. The first kappa shape index (κ1) is 11.1. The molecule has 0 spiro atoms. The van der Waals surface area contributed by atoms with E-state index in [-0.39, 0.29) is 0 Å². The van der Waals surface area contributed by atoms with Gasteiger partial charge in [-0.05, 0) is 29.8 Å². The average molecular weight is 255 g/mol. The molecule has 88 valence electrons. The van der Waals surface area contributed by atoms with Crippen molar-refractivity contribution >= 4 is 34.7 Å². The SMILES string of the molecule is Clc1ccc(/C=C/c2n[nH]c3ccccc23)cc1. The van der Waals surface area contributed by atoms with Crippen LogP contribution >= 0.6 is 11.6 Å². The number of fused-ring (bicyclic) bond motifs is 1. The summed E-state index contributed by atoms with van der Waals surface area (Å²) in [6.45, 7) is 0. The van der Waals surface area contributed by atoms with Crippen LogP contribution in [0.1, 0.15) is 11.3 Å². The lowest BCUT2D eigenvalue weighted by atomic mass is 10.1. The summed E-state index contributed by atoms with van der Waals surface area (Å²) >= 11 is 5.85. The van der Waals surface area contributed by atoms with E-state index in [1.807, 2.05) is 54.6 Å². The van der Waals surface area contributed by atoms with Gasteiger partial charge in [0.05, 0.1) is 11.2 Å². The first-order valence-corrected chi connectivity index (χ1v) is 6.07. The summed E-state index contributed by atoms with van der Waals surface area (Å²) in [7, 11) is 0. The van der Waals surface area contributed by atoms with Crippen LogP contribution in [0.25, 0.3) is 23.1 Å². The fourth-order valence-corrected chi connectivity index (χ4v) is 1.99. The van der Waals surface area contributed by atoms with Crippen LogP contribution < -0.4 is 0 Å². The number of nitrogens with one attached hydrogen (secondary N) is 1. The fraction of sp³-hybridized carbons (Fsp3) is 0. The summed E-state index contributed by atoms with van der Waals surface area (Å²) in [5, 5.41) is 9.18. The Balaban J connectivity index is 1.94. The highest BCUT2D eigenvalue weighted by Gasteiger charge is 2.00. The molecule has 0 atom stereocenters. The maximum atomic E-state index is 5.85. The van der Waals surface area contributed by atoms with Crippen molar-refractivity contribution in [3.05, 3.63) is 64.8 Å². The smallest absolute Gasteiger partial charge is 0.0927 e. The van der Waals surface area contributed by atoms with Gasteiger partial charge in [0.25, 0.3) is 0 Å². The molecule has 3 heteroatoms. The lowest BCUT2D eigenvalue weighted by Gasteiger charge is -1.93. The number of benzene rings is 2. The summed E-state index contributed by atoms with van der Waals surface area (Å²) in [5.41, 5.74) is 3.10. The Bertz CT molecular complexity index is 696.